The first-order chi connectivity index (χ1) is 20.7. The van der Waals surface area contributed by atoms with Crippen LogP contribution in [0.25, 0.3) is 0 Å². The SMILES string of the molecule is CCCC(CCC)N(C(=O)CN1C[C@H](c2ccc3c(c2)OCO3)C(C(=O)O)[C@@H]1CN1CCCC1=O)c1ccc(F)c(C)c1. The maximum absolute atomic E-state index is 14.3. The topological polar surface area (TPSA) is 99.6 Å². The summed E-state index contributed by atoms with van der Waals surface area (Å²) in [5.41, 5.74) is 1.90. The van der Waals surface area contributed by atoms with Crippen LogP contribution in [-0.4, -0.2) is 77.7 Å². The number of carboxylic acids is 1. The first-order valence-electron chi connectivity index (χ1n) is 15.4. The van der Waals surface area contributed by atoms with E-state index in [4.69, 9.17) is 9.47 Å². The van der Waals surface area contributed by atoms with Gasteiger partial charge < -0.3 is 24.4 Å². The Labute approximate surface area is 252 Å². The molecule has 2 fully saturated rings. The third-order valence-corrected chi connectivity index (χ3v) is 9.07. The summed E-state index contributed by atoms with van der Waals surface area (Å²) < 4.78 is 25.3. The summed E-state index contributed by atoms with van der Waals surface area (Å²) >= 11 is 0. The van der Waals surface area contributed by atoms with E-state index in [0.29, 0.717) is 42.3 Å². The molecule has 1 unspecified atom stereocenters. The number of aliphatic carboxylic acids is 1. The van der Waals surface area contributed by atoms with Crippen molar-refractivity contribution in [1.82, 2.24) is 9.80 Å². The molecule has 0 radical (unpaired) electrons. The van der Waals surface area contributed by atoms with Gasteiger partial charge in [0.15, 0.2) is 11.5 Å². The summed E-state index contributed by atoms with van der Waals surface area (Å²) in [6.45, 7) is 7.10. The van der Waals surface area contributed by atoms with Crippen molar-refractivity contribution in [2.75, 3.05) is 37.9 Å². The molecule has 232 valence electrons. The summed E-state index contributed by atoms with van der Waals surface area (Å²) in [4.78, 5) is 45.4. The molecule has 3 heterocycles. The Balaban J connectivity index is 1.49. The fourth-order valence-electron chi connectivity index (χ4n) is 6.98. The molecule has 1 N–H and O–H groups in total. The lowest BCUT2D eigenvalue weighted by Gasteiger charge is -2.35. The number of anilines is 1. The highest BCUT2D eigenvalue weighted by Crippen LogP contribution is 2.42. The Morgan fingerprint density at radius 1 is 1.09 bits per heavy atom. The van der Waals surface area contributed by atoms with Crippen LogP contribution in [0.5, 0.6) is 11.5 Å². The Morgan fingerprint density at radius 2 is 1.84 bits per heavy atom. The molecule has 2 saturated heterocycles. The second-order valence-electron chi connectivity index (χ2n) is 12.0. The first kappa shape index (κ1) is 30.8. The number of amides is 2. The van der Waals surface area contributed by atoms with Gasteiger partial charge in [-0.3, -0.25) is 19.3 Å². The van der Waals surface area contributed by atoms with Crippen molar-refractivity contribution in [1.29, 1.82) is 0 Å². The lowest BCUT2D eigenvalue weighted by Crippen LogP contribution is -2.51. The van der Waals surface area contributed by atoms with E-state index in [-0.39, 0.29) is 43.6 Å². The molecular weight excluding hydrogens is 553 g/mol. The Kier molecular flexibility index (Phi) is 9.54. The molecule has 43 heavy (non-hydrogen) atoms. The van der Waals surface area contributed by atoms with Crippen LogP contribution in [-0.2, 0) is 14.4 Å². The predicted octanol–water partition coefficient (Wildman–Crippen LogP) is 4.96. The van der Waals surface area contributed by atoms with Crippen LogP contribution < -0.4 is 14.4 Å². The molecule has 0 bridgehead atoms. The van der Waals surface area contributed by atoms with E-state index >= 15 is 0 Å². The molecule has 2 aromatic carbocycles. The van der Waals surface area contributed by atoms with Crippen LogP contribution >= 0.6 is 0 Å². The second kappa shape index (κ2) is 13.3. The molecule has 3 aliphatic heterocycles. The maximum Gasteiger partial charge on any atom is 0.308 e. The number of halogens is 1. The highest BCUT2D eigenvalue weighted by Gasteiger charge is 2.49. The zero-order valence-electron chi connectivity index (χ0n) is 25.3. The number of benzene rings is 2. The van der Waals surface area contributed by atoms with Gasteiger partial charge in [0, 0.05) is 49.7 Å². The number of ether oxygens (including phenoxy) is 2. The average molecular weight is 596 g/mol. The number of hydrogen-bond donors (Lipinski definition) is 1. The Bertz CT molecular complexity index is 1350. The van der Waals surface area contributed by atoms with E-state index in [1.54, 1.807) is 34.9 Å². The highest BCUT2D eigenvalue weighted by molar-refractivity contribution is 5.95. The third kappa shape index (κ3) is 6.49. The van der Waals surface area contributed by atoms with E-state index in [2.05, 4.69) is 13.8 Å². The highest BCUT2D eigenvalue weighted by atomic mass is 19.1. The number of likely N-dealkylation sites (tertiary alicyclic amines) is 2. The van der Waals surface area contributed by atoms with Crippen LogP contribution in [0.4, 0.5) is 10.1 Å². The molecule has 0 saturated carbocycles. The zero-order chi connectivity index (χ0) is 30.7. The van der Waals surface area contributed by atoms with Gasteiger partial charge in [-0.05, 0) is 67.6 Å². The molecule has 10 heteroatoms. The van der Waals surface area contributed by atoms with E-state index in [1.807, 2.05) is 17.0 Å². The van der Waals surface area contributed by atoms with Gasteiger partial charge >= 0.3 is 5.97 Å². The average Bonchev–Trinajstić information content (AvgIpc) is 3.70. The molecule has 2 amide bonds. The van der Waals surface area contributed by atoms with Gasteiger partial charge in [0.25, 0.3) is 0 Å². The third-order valence-electron chi connectivity index (χ3n) is 9.07. The number of carboxylic acid groups (broad SMARTS) is 1. The standard InChI is InChI=1S/C33H42FN3O6/c1-4-7-23(8-5-2)37(24-11-12-26(34)21(3)15-24)31(39)19-36-17-25(22-10-13-28-29(16-22)43-20-42-28)32(33(40)41)27(36)18-35-14-6-9-30(35)38/h10-13,15-16,23,25,27,32H,4-9,14,17-20H2,1-3H3,(H,40,41)/t25-,27+,32?/m1/s1. The summed E-state index contributed by atoms with van der Waals surface area (Å²) in [6, 6.07) is 9.61. The van der Waals surface area contributed by atoms with E-state index in [0.717, 1.165) is 37.7 Å². The number of carbonyl (C=O) groups excluding carboxylic acids is 2. The van der Waals surface area contributed by atoms with E-state index < -0.39 is 23.8 Å². The molecule has 5 rings (SSSR count). The van der Waals surface area contributed by atoms with Crippen LogP contribution in [0.15, 0.2) is 36.4 Å². The Hall–Kier alpha value is -3.66. The van der Waals surface area contributed by atoms with Gasteiger partial charge in [-0.25, -0.2) is 4.39 Å². The van der Waals surface area contributed by atoms with E-state index in [9.17, 15) is 23.9 Å². The molecule has 0 spiro atoms. The predicted molar refractivity (Wildman–Crippen MR) is 160 cm³/mol. The molecule has 3 atom stereocenters. The molecule has 3 aliphatic rings. The molecular formula is C33H42FN3O6. The number of fused-ring (bicyclic) bond motifs is 1. The van der Waals surface area contributed by atoms with Crippen LogP contribution in [0.2, 0.25) is 0 Å². The van der Waals surface area contributed by atoms with Crippen LogP contribution in [0, 0.1) is 18.7 Å². The minimum Gasteiger partial charge on any atom is -0.481 e. The van der Waals surface area contributed by atoms with Crippen LogP contribution in [0.1, 0.15) is 69.4 Å². The van der Waals surface area contributed by atoms with Crippen molar-refractivity contribution in [3.63, 3.8) is 0 Å². The number of hydrogen-bond acceptors (Lipinski definition) is 6. The van der Waals surface area contributed by atoms with Gasteiger partial charge in [0.1, 0.15) is 5.82 Å². The van der Waals surface area contributed by atoms with Crippen molar-refractivity contribution in [2.45, 2.75) is 77.3 Å². The fourth-order valence-corrected chi connectivity index (χ4v) is 6.98. The normalized spacial score (nSPS) is 21.7. The van der Waals surface area contributed by atoms with Gasteiger partial charge in [-0.15, -0.1) is 0 Å². The Morgan fingerprint density at radius 3 is 2.49 bits per heavy atom. The summed E-state index contributed by atoms with van der Waals surface area (Å²) in [7, 11) is 0. The van der Waals surface area contributed by atoms with Crippen molar-refractivity contribution < 1.29 is 33.4 Å². The molecule has 9 nitrogen and oxygen atoms in total. The first-order valence-corrected chi connectivity index (χ1v) is 15.4. The van der Waals surface area contributed by atoms with Crippen molar-refractivity contribution in [2.24, 2.45) is 5.92 Å². The number of rotatable bonds is 12. The van der Waals surface area contributed by atoms with Gasteiger partial charge in [-0.2, -0.15) is 0 Å². The summed E-state index contributed by atoms with van der Waals surface area (Å²) in [6.07, 6.45) is 4.53. The van der Waals surface area contributed by atoms with Gasteiger partial charge in [0.05, 0.1) is 12.5 Å². The summed E-state index contributed by atoms with van der Waals surface area (Å²) in [5.74, 6) is -1.52. The van der Waals surface area contributed by atoms with Crippen LogP contribution in [0.3, 0.4) is 0 Å². The largest absolute Gasteiger partial charge is 0.481 e. The second-order valence-corrected chi connectivity index (χ2v) is 12.0. The molecule has 0 aliphatic carbocycles. The number of aryl methyl sites for hydroxylation is 1. The maximum atomic E-state index is 14.3. The monoisotopic (exact) mass is 595 g/mol. The van der Waals surface area contributed by atoms with Crippen molar-refractivity contribution >= 4 is 23.5 Å². The van der Waals surface area contributed by atoms with Gasteiger partial charge in [0.2, 0.25) is 18.6 Å². The smallest absolute Gasteiger partial charge is 0.308 e. The van der Waals surface area contributed by atoms with Crippen molar-refractivity contribution in [3.8, 4) is 11.5 Å². The number of carbonyl (C=O) groups is 3. The summed E-state index contributed by atoms with van der Waals surface area (Å²) in [5, 5.41) is 10.6. The lowest BCUT2D eigenvalue weighted by molar-refractivity contribution is -0.144. The minimum absolute atomic E-state index is 0.0105. The molecule has 2 aromatic rings. The van der Waals surface area contributed by atoms with Crippen molar-refractivity contribution in [3.05, 3.63) is 53.3 Å². The minimum atomic E-state index is -0.963. The lowest BCUT2D eigenvalue weighted by atomic mass is 9.85. The fraction of sp³-hybridized carbons (Fsp3) is 0.545. The van der Waals surface area contributed by atoms with Gasteiger partial charge in [-0.1, -0.05) is 32.8 Å². The quantitative estimate of drug-likeness (QED) is 0.371. The number of nitrogens with zero attached hydrogens (tertiary/aromatic N) is 3. The zero-order valence-corrected chi connectivity index (χ0v) is 25.3. The molecule has 0 aromatic heterocycles. The van der Waals surface area contributed by atoms with E-state index in [1.165, 1.54) is 6.07 Å².